The van der Waals surface area contributed by atoms with Crippen molar-refractivity contribution in [3.05, 3.63) is 6.42 Å². The third-order valence-electron chi connectivity index (χ3n) is 0.468. The smallest absolute Gasteiger partial charge is 0.0909 e. The molecule has 1 aliphatic rings. The molecule has 0 aromatic carbocycles. The molecule has 0 atom stereocenters. The van der Waals surface area contributed by atoms with Gasteiger partial charge >= 0.3 is 0 Å². The lowest BCUT2D eigenvalue weighted by Gasteiger charge is -2.06. The van der Waals surface area contributed by atoms with E-state index in [2.05, 4.69) is 14.8 Å². The van der Waals surface area contributed by atoms with Crippen LogP contribution in [0.25, 0.3) is 0 Å². The SMILES string of the molecule is [CH]1COOOC1. The minimum Gasteiger partial charge on any atom is -0.206 e. The first-order valence-corrected chi connectivity index (χ1v) is 1.73. The van der Waals surface area contributed by atoms with Gasteiger partial charge in [-0.1, -0.05) is 5.04 Å². The van der Waals surface area contributed by atoms with Crippen LogP contribution < -0.4 is 0 Å². The van der Waals surface area contributed by atoms with E-state index < -0.39 is 0 Å². The molecule has 0 spiro atoms. The lowest BCUT2D eigenvalue weighted by atomic mass is 10.5. The largest absolute Gasteiger partial charge is 0.206 e. The summed E-state index contributed by atoms with van der Waals surface area (Å²) in [6, 6.07) is 0. The summed E-state index contributed by atoms with van der Waals surface area (Å²) in [6.07, 6.45) is 1.82. The molecule has 0 aliphatic carbocycles. The standard InChI is InChI=1S/C3H5O3/c1-2-4-6-5-3-1/h1H,2-3H2. The molecular weight excluding hydrogens is 84.0 g/mol. The fourth-order valence-corrected chi connectivity index (χ4v) is 0.234. The van der Waals surface area contributed by atoms with Gasteiger partial charge in [0.15, 0.2) is 0 Å². The highest BCUT2D eigenvalue weighted by Crippen LogP contribution is 1.92. The van der Waals surface area contributed by atoms with Gasteiger partial charge in [0.1, 0.15) is 0 Å². The van der Waals surface area contributed by atoms with E-state index >= 15 is 0 Å². The third-order valence-corrected chi connectivity index (χ3v) is 0.468. The van der Waals surface area contributed by atoms with Gasteiger partial charge in [0, 0.05) is 6.42 Å². The summed E-state index contributed by atoms with van der Waals surface area (Å²) in [5.74, 6) is 0. The molecule has 1 aliphatic heterocycles. The molecule has 0 aromatic heterocycles. The minimum absolute atomic E-state index is 0.528. The Morgan fingerprint density at radius 1 is 1.17 bits per heavy atom. The van der Waals surface area contributed by atoms with E-state index in [0.717, 1.165) is 0 Å². The highest BCUT2D eigenvalue weighted by Gasteiger charge is 1.97. The van der Waals surface area contributed by atoms with Crippen LogP contribution in [0.5, 0.6) is 0 Å². The second-order valence-electron chi connectivity index (χ2n) is 0.926. The number of hydrogen-bond acceptors (Lipinski definition) is 3. The molecule has 1 rings (SSSR count). The highest BCUT2D eigenvalue weighted by atomic mass is 17.5. The second-order valence-corrected chi connectivity index (χ2v) is 0.926. The molecule has 0 unspecified atom stereocenters. The van der Waals surface area contributed by atoms with Crippen LogP contribution in [-0.4, -0.2) is 13.2 Å². The third kappa shape index (κ3) is 0.931. The molecule has 1 heterocycles. The zero-order valence-electron chi connectivity index (χ0n) is 3.22. The number of hydrogen-bond donors (Lipinski definition) is 0. The quantitative estimate of drug-likeness (QED) is 0.393. The van der Waals surface area contributed by atoms with Crippen LogP contribution in [0, 0.1) is 6.42 Å². The zero-order chi connectivity index (χ0) is 4.24. The monoisotopic (exact) mass is 89.0 g/mol. The first-order valence-electron chi connectivity index (χ1n) is 1.73. The van der Waals surface area contributed by atoms with Crippen LogP contribution in [0.3, 0.4) is 0 Å². The molecule has 0 aromatic rings. The van der Waals surface area contributed by atoms with Crippen LogP contribution in [0.15, 0.2) is 0 Å². The maximum absolute atomic E-state index is 4.29. The van der Waals surface area contributed by atoms with Gasteiger partial charge in [-0.05, 0) is 0 Å². The van der Waals surface area contributed by atoms with Crippen LogP contribution in [-0.2, 0) is 14.8 Å². The van der Waals surface area contributed by atoms with Crippen molar-refractivity contribution in [3.8, 4) is 0 Å². The maximum atomic E-state index is 4.29. The van der Waals surface area contributed by atoms with Crippen molar-refractivity contribution in [1.82, 2.24) is 0 Å². The first-order chi connectivity index (χ1) is 3.00. The number of rotatable bonds is 0. The molecule has 35 valence electrons. The van der Waals surface area contributed by atoms with E-state index in [1.54, 1.807) is 0 Å². The Hall–Kier alpha value is -0.120. The predicted octanol–water partition coefficient (Wildman–Crippen LogP) is 0.0841. The van der Waals surface area contributed by atoms with Gasteiger partial charge in [-0.25, -0.2) is 9.78 Å². The Morgan fingerprint density at radius 2 is 1.83 bits per heavy atom. The van der Waals surface area contributed by atoms with Crippen LogP contribution in [0.2, 0.25) is 0 Å². The van der Waals surface area contributed by atoms with Crippen LogP contribution in [0.1, 0.15) is 0 Å². The molecule has 0 bridgehead atoms. The van der Waals surface area contributed by atoms with Crippen LogP contribution >= 0.6 is 0 Å². The van der Waals surface area contributed by atoms with Crippen molar-refractivity contribution in [2.45, 2.75) is 0 Å². The summed E-state index contributed by atoms with van der Waals surface area (Å²) in [6.45, 7) is 1.06. The van der Waals surface area contributed by atoms with Crippen molar-refractivity contribution >= 4 is 0 Å². The van der Waals surface area contributed by atoms with Crippen molar-refractivity contribution in [2.75, 3.05) is 13.2 Å². The average Bonchev–Trinajstić information content (AvgIpc) is 1.72. The summed E-state index contributed by atoms with van der Waals surface area (Å²) < 4.78 is 0. The van der Waals surface area contributed by atoms with E-state index in [9.17, 15) is 0 Å². The van der Waals surface area contributed by atoms with Crippen molar-refractivity contribution in [3.63, 3.8) is 0 Å². The Kier molecular flexibility index (Phi) is 1.43. The van der Waals surface area contributed by atoms with Crippen molar-refractivity contribution < 1.29 is 14.8 Å². The molecule has 1 fully saturated rings. The summed E-state index contributed by atoms with van der Waals surface area (Å²) >= 11 is 0. The van der Waals surface area contributed by atoms with Crippen molar-refractivity contribution in [2.24, 2.45) is 0 Å². The molecule has 0 amide bonds. The first kappa shape index (κ1) is 4.05. The lowest BCUT2D eigenvalue weighted by Crippen LogP contribution is -2.09. The molecular formula is C3H5O3. The van der Waals surface area contributed by atoms with Gasteiger partial charge < -0.3 is 0 Å². The fourth-order valence-electron chi connectivity index (χ4n) is 0.234. The normalized spacial score (nSPS) is 24.0. The Labute approximate surface area is 35.7 Å². The summed E-state index contributed by atoms with van der Waals surface area (Å²) in [5.41, 5.74) is 0. The van der Waals surface area contributed by atoms with Gasteiger partial charge in [-0.2, -0.15) is 0 Å². The van der Waals surface area contributed by atoms with Crippen LogP contribution in [0.4, 0.5) is 0 Å². The fraction of sp³-hybridized carbons (Fsp3) is 0.667. The van der Waals surface area contributed by atoms with Crippen molar-refractivity contribution in [1.29, 1.82) is 0 Å². The molecule has 3 nitrogen and oxygen atoms in total. The van der Waals surface area contributed by atoms with Gasteiger partial charge in [0.2, 0.25) is 0 Å². The molecule has 0 saturated carbocycles. The second kappa shape index (κ2) is 2.12. The predicted molar refractivity (Wildman–Crippen MR) is 17.3 cm³/mol. The molecule has 6 heavy (non-hydrogen) atoms. The summed E-state index contributed by atoms with van der Waals surface area (Å²) in [4.78, 5) is 8.58. The maximum Gasteiger partial charge on any atom is 0.0909 e. The van der Waals surface area contributed by atoms with E-state index in [0.29, 0.717) is 13.2 Å². The van der Waals surface area contributed by atoms with Gasteiger partial charge in [-0.3, -0.25) is 0 Å². The Morgan fingerprint density at radius 3 is 2.00 bits per heavy atom. The molecule has 3 heteroatoms. The highest BCUT2D eigenvalue weighted by molar-refractivity contribution is 4.59. The average molecular weight is 89.1 g/mol. The van der Waals surface area contributed by atoms with E-state index in [-0.39, 0.29) is 0 Å². The molecule has 0 N–H and O–H groups in total. The van der Waals surface area contributed by atoms with E-state index in [1.165, 1.54) is 0 Å². The minimum atomic E-state index is 0.528. The Balaban J connectivity index is 2.00. The summed E-state index contributed by atoms with van der Waals surface area (Å²) in [7, 11) is 0. The van der Waals surface area contributed by atoms with E-state index in [1.807, 2.05) is 6.42 Å². The van der Waals surface area contributed by atoms with Gasteiger partial charge in [0.25, 0.3) is 0 Å². The van der Waals surface area contributed by atoms with Gasteiger partial charge in [0.05, 0.1) is 13.2 Å². The lowest BCUT2D eigenvalue weighted by molar-refractivity contribution is -0.522. The van der Waals surface area contributed by atoms with E-state index in [4.69, 9.17) is 0 Å². The zero-order valence-corrected chi connectivity index (χ0v) is 3.22. The molecule has 1 radical (unpaired) electrons. The molecule has 1 saturated heterocycles. The van der Waals surface area contributed by atoms with Gasteiger partial charge in [-0.15, -0.1) is 0 Å². The Bertz CT molecular complexity index is 21.5. The topological polar surface area (TPSA) is 27.7 Å². The summed E-state index contributed by atoms with van der Waals surface area (Å²) in [5, 5.41) is 4.04.